The first-order valence-corrected chi connectivity index (χ1v) is 7.87. The number of piperidine rings is 1. The molecule has 1 aliphatic heterocycles. The van der Waals surface area contributed by atoms with Gasteiger partial charge in [-0.25, -0.2) is 0 Å². The van der Waals surface area contributed by atoms with Gasteiger partial charge in [0.1, 0.15) is 0 Å². The summed E-state index contributed by atoms with van der Waals surface area (Å²) in [5.41, 5.74) is 8.78. The van der Waals surface area contributed by atoms with Gasteiger partial charge >= 0.3 is 0 Å². The molecule has 112 valence electrons. The van der Waals surface area contributed by atoms with Crippen LogP contribution in [0.5, 0.6) is 0 Å². The minimum atomic E-state index is 0.743. The molecule has 1 aromatic carbocycles. The normalized spacial score (nSPS) is 17.2. The maximum atomic E-state index is 6.00. The highest BCUT2D eigenvalue weighted by atomic mass is 15.1. The van der Waals surface area contributed by atoms with E-state index in [0.717, 1.165) is 34.7 Å². The van der Waals surface area contributed by atoms with Crippen molar-refractivity contribution in [1.82, 2.24) is 9.88 Å². The number of fused-ring (bicyclic) bond motifs is 1. The van der Waals surface area contributed by atoms with Crippen molar-refractivity contribution in [2.24, 2.45) is 5.92 Å². The van der Waals surface area contributed by atoms with Gasteiger partial charge in [0.05, 0.1) is 11.2 Å². The predicted molar refractivity (Wildman–Crippen MR) is 89.5 cm³/mol. The van der Waals surface area contributed by atoms with Crippen LogP contribution in [0, 0.1) is 5.92 Å². The molecular formula is C17H24N4. The number of nitrogens with zero attached hydrogens (tertiary/aromatic N) is 2. The van der Waals surface area contributed by atoms with Crippen molar-refractivity contribution in [2.45, 2.75) is 19.8 Å². The molecular weight excluding hydrogens is 260 g/mol. The minimum absolute atomic E-state index is 0.743. The molecule has 0 atom stereocenters. The van der Waals surface area contributed by atoms with Crippen LogP contribution >= 0.6 is 0 Å². The summed E-state index contributed by atoms with van der Waals surface area (Å²) in [7, 11) is 0. The lowest BCUT2D eigenvalue weighted by molar-refractivity contribution is 0.198. The van der Waals surface area contributed by atoms with Crippen LogP contribution in [0.4, 0.5) is 11.4 Å². The van der Waals surface area contributed by atoms with E-state index in [1.807, 2.05) is 12.1 Å². The molecule has 0 radical (unpaired) electrons. The SMILES string of the molecule is CCN1CCC(CNc2ccc(N)c3ncccc23)CC1. The minimum Gasteiger partial charge on any atom is -0.397 e. The highest BCUT2D eigenvalue weighted by Gasteiger charge is 2.18. The van der Waals surface area contributed by atoms with Gasteiger partial charge < -0.3 is 16.0 Å². The van der Waals surface area contributed by atoms with Crippen molar-refractivity contribution in [1.29, 1.82) is 0 Å². The molecule has 1 fully saturated rings. The fraction of sp³-hybridized carbons (Fsp3) is 0.471. The number of rotatable bonds is 4. The van der Waals surface area contributed by atoms with E-state index in [4.69, 9.17) is 5.73 Å². The van der Waals surface area contributed by atoms with Crippen LogP contribution in [0.1, 0.15) is 19.8 Å². The Morgan fingerprint density at radius 3 is 2.86 bits per heavy atom. The molecule has 0 spiro atoms. The van der Waals surface area contributed by atoms with E-state index >= 15 is 0 Å². The molecule has 2 heterocycles. The summed E-state index contributed by atoms with van der Waals surface area (Å²) in [6.45, 7) is 6.91. The Bertz CT molecular complexity index is 603. The molecule has 1 aromatic heterocycles. The summed E-state index contributed by atoms with van der Waals surface area (Å²) in [6.07, 6.45) is 4.36. The van der Waals surface area contributed by atoms with E-state index in [1.54, 1.807) is 6.20 Å². The van der Waals surface area contributed by atoms with Crippen LogP contribution in [-0.4, -0.2) is 36.1 Å². The number of nitrogen functional groups attached to an aromatic ring is 1. The number of benzene rings is 1. The number of likely N-dealkylation sites (tertiary alicyclic amines) is 1. The summed E-state index contributed by atoms with van der Waals surface area (Å²) in [4.78, 5) is 6.91. The zero-order valence-corrected chi connectivity index (χ0v) is 12.7. The van der Waals surface area contributed by atoms with Crippen LogP contribution in [0.3, 0.4) is 0 Å². The summed E-state index contributed by atoms with van der Waals surface area (Å²) < 4.78 is 0. The van der Waals surface area contributed by atoms with E-state index in [1.165, 1.54) is 32.5 Å². The summed E-state index contributed by atoms with van der Waals surface area (Å²) in [5.74, 6) is 0.761. The lowest BCUT2D eigenvalue weighted by atomic mass is 9.96. The Morgan fingerprint density at radius 1 is 1.29 bits per heavy atom. The van der Waals surface area contributed by atoms with Gasteiger partial charge in [-0.1, -0.05) is 6.92 Å². The molecule has 4 nitrogen and oxygen atoms in total. The molecule has 0 amide bonds. The van der Waals surface area contributed by atoms with E-state index in [9.17, 15) is 0 Å². The van der Waals surface area contributed by atoms with E-state index in [-0.39, 0.29) is 0 Å². The maximum Gasteiger partial charge on any atom is 0.0951 e. The average molecular weight is 284 g/mol. The molecule has 0 bridgehead atoms. The molecule has 4 heteroatoms. The van der Waals surface area contributed by atoms with Crippen LogP contribution in [0.2, 0.25) is 0 Å². The Morgan fingerprint density at radius 2 is 2.10 bits per heavy atom. The fourth-order valence-electron chi connectivity index (χ4n) is 3.11. The van der Waals surface area contributed by atoms with Crippen LogP contribution in [0.25, 0.3) is 10.9 Å². The average Bonchev–Trinajstić information content (AvgIpc) is 2.55. The molecule has 21 heavy (non-hydrogen) atoms. The van der Waals surface area contributed by atoms with Crippen molar-refractivity contribution in [3.63, 3.8) is 0 Å². The first kappa shape index (κ1) is 14.1. The van der Waals surface area contributed by atoms with Gasteiger partial charge in [-0.2, -0.15) is 0 Å². The van der Waals surface area contributed by atoms with Gasteiger partial charge in [-0.15, -0.1) is 0 Å². The standard InChI is InChI=1S/C17H24N4/c1-2-21-10-7-13(8-11-21)12-20-16-6-5-15(18)17-14(16)4-3-9-19-17/h3-6,9,13,20H,2,7-8,10-12,18H2,1H3. The molecule has 3 rings (SSSR count). The van der Waals surface area contributed by atoms with Gasteiger partial charge in [0.15, 0.2) is 0 Å². The van der Waals surface area contributed by atoms with E-state index in [0.29, 0.717) is 0 Å². The molecule has 0 unspecified atom stereocenters. The van der Waals surface area contributed by atoms with Gasteiger partial charge in [-0.3, -0.25) is 4.98 Å². The third-order valence-electron chi connectivity index (χ3n) is 4.54. The quantitative estimate of drug-likeness (QED) is 0.848. The van der Waals surface area contributed by atoms with Gasteiger partial charge in [0, 0.05) is 23.8 Å². The van der Waals surface area contributed by atoms with E-state index in [2.05, 4.69) is 34.3 Å². The molecule has 0 saturated carbocycles. The number of hydrogen-bond acceptors (Lipinski definition) is 4. The third-order valence-corrected chi connectivity index (χ3v) is 4.54. The Balaban J connectivity index is 1.67. The Labute approximate surface area is 126 Å². The number of pyridine rings is 1. The van der Waals surface area contributed by atoms with Crippen molar-refractivity contribution >= 4 is 22.3 Å². The van der Waals surface area contributed by atoms with Gasteiger partial charge in [-0.05, 0) is 62.7 Å². The van der Waals surface area contributed by atoms with Crippen LogP contribution in [0.15, 0.2) is 30.5 Å². The number of nitrogens with one attached hydrogen (secondary N) is 1. The number of hydrogen-bond donors (Lipinski definition) is 2. The van der Waals surface area contributed by atoms with Crippen LogP contribution < -0.4 is 11.1 Å². The second kappa shape index (κ2) is 6.31. The van der Waals surface area contributed by atoms with Crippen molar-refractivity contribution in [3.8, 4) is 0 Å². The Hall–Kier alpha value is -1.81. The second-order valence-electron chi connectivity index (χ2n) is 5.86. The molecule has 3 N–H and O–H groups in total. The zero-order valence-electron chi connectivity index (χ0n) is 12.7. The Kier molecular flexibility index (Phi) is 4.25. The number of nitrogens with two attached hydrogens (primary N) is 1. The first-order chi connectivity index (χ1) is 10.3. The molecule has 2 aromatic rings. The predicted octanol–water partition coefficient (Wildman–Crippen LogP) is 2.96. The highest BCUT2D eigenvalue weighted by molar-refractivity contribution is 5.98. The first-order valence-electron chi connectivity index (χ1n) is 7.87. The summed E-state index contributed by atoms with van der Waals surface area (Å²) >= 11 is 0. The second-order valence-corrected chi connectivity index (χ2v) is 5.86. The zero-order chi connectivity index (χ0) is 14.7. The molecule has 1 aliphatic rings. The third kappa shape index (κ3) is 3.10. The smallest absolute Gasteiger partial charge is 0.0951 e. The largest absolute Gasteiger partial charge is 0.397 e. The van der Waals surface area contributed by atoms with E-state index < -0.39 is 0 Å². The fourth-order valence-corrected chi connectivity index (χ4v) is 3.11. The molecule has 0 aliphatic carbocycles. The maximum absolute atomic E-state index is 6.00. The topological polar surface area (TPSA) is 54.2 Å². The lowest BCUT2D eigenvalue weighted by Gasteiger charge is -2.31. The van der Waals surface area contributed by atoms with Crippen molar-refractivity contribution in [2.75, 3.05) is 37.2 Å². The molecule has 1 saturated heterocycles. The number of anilines is 2. The van der Waals surface area contributed by atoms with Crippen molar-refractivity contribution < 1.29 is 0 Å². The summed E-state index contributed by atoms with van der Waals surface area (Å²) in [5, 5.41) is 4.72. The van der Waals surface area contributed by atoms with Crippen LogP contribution in [-0.2, 0) is 0 Å². The lowest BCUT2D eigenvalue weighted by Crippen LogP contribution is -2.35. The monoisotopic (exact) mass is 284 g/mol. The van der Waals surface area contributed by atoms with Gasteiger partial charge in [0.2, 0.25) is 0 Å². The highest BCUT2D eigenvalue weighted by Crippen LogP contribution is 2.27. The van der Waals surface area contributed by atoms with Gasteiger partial charge in [0.25, 0.3) is 0 Å². The summed E-state index contributed by atoms with van der Waals surface area (Å²) in [6, 6.07) is 8.06. The number of aromatic nitrogens is 1. The van der Waals surface area contributed by atoms with Crippen molar-refractivity contribution in [3.05, 3.63) is 30.5 Å².